The third-order valence-corrected chi connectivity index (χ3v) is 5.84. The number of imidazole rings is 1. The number of nitriles is 1. The molecule has 0 bridgehead atoms. The van der Waals surface area contributed by atoms with Crippen molar-refractivity contribution in [1.82, 2.24) is 25.5 Å². The summed E-state index contributed by atoms with van der Waals surface area (Å²) >= 11 is 3.76. The molecule has 7 nitrogen and oxygen atoms in total. The van der Waals surface area contributed by atoms with Crippen molar-refractivity contribution in [3.63, 3.8) is 0 Å². The smallest absolute Gasteiger partial charge is 0.204 e. The summed E-state index contributed by atoms with van der Waals surface area (Å²) in [5, 5.41) is 14.7. The number of aromatic amines is 1. The normalized spacial score (nSPS) is 11.6. The fourth-order valence-corrected chi connectivity index (χ4v) is 4.49. The van der Waals surface area contributed by atoms with Gasteiger partial charge < -0.3 is 15.2 Å². The van der Waals surface area contributed by atoms with Crippen LogP contribution in [-0.2, 0) is 18.7 Å². The highest BCUT2D eigenvalue weighted by Crippen LogP contribution is 2.22. The number of thiophene rings is 1. The SMILES string of the molecule is CN(C)Cc1ccc(CSCCNC(=NCCCc2cnc[nH]2)NC#N)s1. The molecule has 0 amide bonds. The van der Waals surface area contributed by atoms with Gasteiger partial charge >= 0.3 is 0 Å². The number of thioether (sulfide) groups is 1. The largest absolute Gasteiger partial charge is 0.355 e. The van der Waals surface area contributed by atoms with Crippen molar-refractivity contribution < 1.29 is 0 Å². The van der Waals surface area contributed by atoms with Gasteiger partial charge in [0.05, 0.1) is 6.33 Å². The van der Waals surface area contributed by atoms with Gasteiger partial charge in [-0.3, -0.25) is 10.3 Å². The third kappa shape index (κ3) is 8.95. The number of hydrogen-bond donors (Lipinski definition) is 3. The number of aromatic nitrogens is 2. The summed E-state index contributed by atoms with van der Waals surface area (Å²) in [6.45, 7) is 2.43. The van der Waals surface area contributed by atoms with Gasteiger partial charge in [0, 0.05) is 52.8 Å². The maximum absolute atomic E-state index is 8.86. The van der Waals surface area contributed by atoms with Crippen LogP contribution < -0.4 is 10.6 Å². The van der Waals surface area contributed by atoms with Crippen molar-refractivity contribution >= 4 is 29.1 Å². The molecular formula is C18H27N7S2. The zero-order chi connectivity index (χ0) is 19.3. The molecule has 0 saturated heterocycles. The molecule has 2 rings (SSSR count). The Balaban J connectivity index is 1.61. The highest BCUT2D eigenvalue weighted by atomic mass is 32.2. The van der Waals surface area contributed by atoms with Crippen LogP contribution in [0.25, 0.3) is 0 Å². The van der Waals surface area contributed by atoms with E-state index in [1.54, 1.807) is 6.33 Å². The molecule has 0 spiro atoms. The van der Waals surface area contributed by atoms with Crippen molar-refractivity contribution in [2.75, 3.05) is 32.9 Å². The Labute approximate surface area is 169 Å². The molecule has 3 N–H and O–H groups in total. The van der Waals surface area contributed by atoms with Gasteiger partial charge in [0.1, 0.15) is 0 Å². The molecule has 2 heterocycles. The fourth-order valence-electron chi connectivity index (χ4n) is 2.39. The van der Waals surface area contributed by atoms with Crippen LogP contribution in [0.5, 0.6) is 0 Å². The van der Waals surface area contributed by atoms with E-state index < -0.39 is 0 Å². The van der Waals surface area contributed by atoms with Gasteiger partial charge in [-0.2, -0.15) is 17.0 Å². The summed E-state index contributed by atoms with van der Waals surface area (Å²) in [6, 6.07) is 4.43. The number of rotatable bonds is 11. The van der Waals surface area contributed by atoms with Crippen molar-refractivity contribution in [1.29, 1.82) is 5.26 Å². The summed E-state index contributed by atoms with van der Waals surface area (Å²) in [7, 11) is 4.18. The second kappa shape index (κ2) is 12.4. The minimum Gasteiger partial charge on any atom is -0.355 e. The maximum Gasteiger partial charge on any atom is 0.204 e. The first-order valence-electron chi connectivity index (χ1n) is 8.88. The van der Waals surface area contributed by atoms with Crippen molar-refractivity contribution in [3.8, 4) is 6.19 Å². The summed E-state index contributed by atoms with van der Waals surface area (Å²) < 4.78 is 0. The molecule has 0 aliphatic rings. The van der Waals surface area contributed by atoms with Crippen molar-refractivity contribution in [2.24, 2.45) is 4.99 Å². The number of aryl methyl sites for hydroxylation is 1. The average molecular weight is 406 g/mol. The van der Waals surface area contributed by atoms with E-state index in [2.05, 4.69) is 56.7 Å². The molecule has 27 heavy (non-hydrogen) atoms. The Kier molecular flexibility index (Phi) is 9.76. The quantitative estimate of drug-likeness (QED) is 0.175. The lowest BCUT2D eigenvalue weighted by atomic mass is 10.2. The first-order chi connectivity index (χ1) is 13.2. The van der Waals surface area contributed by atoms with Crippen LogP contribution in [0.3, 0.4) is 0 Å². The molecule has 0 aliphatic carbocycles. The van der Waals surface area contributed by atoms with Crippen molar-refractivity contribution in [3.05, 3.63) is 40.1 Å². The summed E-state index contributed by atoms with van der Waals surface area (Å²) in [4.78, 5) is 16.5. The number of guanidine groups is 1. The van der Waals surface area contributed by atoms with Gasteiger partial charge in [-0.1, -0.05) is 0 Å². The van der Waals surface area contributed by atoms with Crippen LogP contribution in [0.1, 0.15) is 21.9 Å². The Bertz CT molecular complexity index is 716. The lowest BCUT2D eigenvalue weighted by molar-refractivity contribution is 0.406. The molecule has 0 atom stereocenters. The molecule has 2 aromatic rings. The number of nitrogens with one attached hydrogen (secondary N) is 3. The number of nitrogens with zero attached hydrogens (tertiary/aromatic N) is 4. The minimum absolute atomic E-state index is 0.548. The second-order valence-corrected chi connectivity index (χ2v) is 8.59. The molecular weight excluding hydrogens is 378 g/mol. The third-order valence-electron chi connectivity index (χ3n) is 3.58. The standard InChI is InChI=1S/C18H27N7S2/c1-25(2)11-16-5-6-17(27-16)12-26-9-8-22-18(23-13-19)21-7-3-4-15-10-20-14-24-15/h5-6,10,14H,3-4,7-9,11-12H2,1-2H3,(H,20,24)(H2,21,22,23). The minimum atomic E-state index is 0.548. The zero-order valence-corrected chi connectivity index (χ0v) is 17.5. The number of H-pyrrole nitrogens is 1. The Hall–Kier alpha value is -2.02. The molecule has 0 saturated carbocycles. The molecule has 2 aromatic heterocycles. The lowest BCUT2D eigenvalue weighted by Crippen LogP contribution is -2.36. The van der Waals surface area contributed by atoms with E-state index in [1.165, 1.54) is 9.75 Å². The van der Waals surface area contributed by atoms with Crippen LogP contribution in [0.2, 0.25) is 0 Å². The topological polar surface area (TPSA) is 92.1 Å². The predicted molar refractivity (Wildman–Crippen MR) is 114 cm³/mol. The molecule has 0 aliphatic heterocycles. The van der Waals surface area contributed by atoms with Gasteiger partial charge in [-0.15, -0.1) is 11.3 Å². The van der Waals surface area contributed by atoms with Gasteiger partial charge in [0.2, 0.25) is 5.96 Å². The molecule has 0 radical (unpaired) electrons. The van der Waals surface area contributed by atoms with E-state index in [0.717, 1.165) is 43.1 Å². The van der Waals surface area contributed by atoms with Crippen LogP contribution in [0.15, 0.2) is 29.6 Å². The Morgan fingerprint density at radius 2 is 2.26 bits per heavy atom. The Morgan fingerprint density at radius 1 is 1.41 bits per heavy atom. The van der Waals surface area contributed by atoms with E-state index in [0.29, 0.717) is 12.5 Å². The summed E-state index contributed by atoms with van der Waals surface area (Å²) in [5.74, 6) is 2.52. The first-order valence-corrected chi connectivity index (χ1v) is 10.8. The van der Waals surface area contributed by atoms with Crippen LogP contribution in [-0.4, -0.2) is 53.8 Å². The van der Waals surface area contributed by atoms with Crippen LogP contribution >= 0.6 is 23.1 Å². The fraction of sp³-hybridized carbons (Fsp3) is 0.500. The predicted octanol–water partition coefficient (Wildman–Crippen LogP) is 2.42. The van der Waals surface area contributed by atoms with Crippen molar-refractivity contribution in [2.45, 2.75) is 25.1 Å². The summed E-state index contributed by atoms with van der Waals surface area (Å²) in [6.07, 6.45) is 7.25. The molecule has 0 fully saturated rings. The van der Waals surface area contributed by atoms with E-state index in [1.807, 2.05) is 35.5 Å². The second-order valence-electron chi connectivity index (χ2n) is 6.23. The monoisotopic (exact) mass is 405 g/mol. The van der Waals surface area contributed by atoms with Crippen LogP contribution in [0.4, 0.5) is 0 Å². The molecule has 0 unspecified atom stereocenters. The summed E-state index contributed by atoms with van der Waals surface area (Å²) in [5.41, 5.74) is 1.10. The van der Waals surface area contributed by atoms with E-state index >= 15 is 0 Å². The Morgan fingerprint density at radius 3 is 3.00 bits per heavy atom. The zero-order valence-electron chi connectivity index (χ0n) is 15.9. The number of aliphatic imine (C=N–C) groups is 1. The highest BCUT2D eigenvalue weighted by Gasteiger charge is 2.02. The molecule has 9 heteroatoms. The van der Waals surface area contributed by atoms with E-state index in [-0.39, 0.29) is 0 Å². The average Bonchev–Trinajstić information content (AvgIpc) is 3.30. The number of hydrogen-bond acceptors (Lipinski definition) is 6. The van der Waals surface area contributed by atoms with Gasteiger partial charge in [-0.05, 0) is 39.1 Å². The van der Waals surface area contributed by atoms with Gasteiger partial charge in [0.15, 0.2) is 6.19 Å². The molecule has 0 aromatic carbocycles. The van der Waals surface area contributed by atoms with Gasteiger partial charge in [-0.25, -0.2) is 4.98 Å². The first kappa shape index (κ1) is 21.3. The molecule has 146 valence electrons. The van der Waals surface area contributed by atoms with Gasteiger partial charge in [0.25, 0.3) is 0 Å². The lowest BCUT2D eigenvalue weighted by Gasteiger charge is -2.08. The maximum atomic E-state index is 8.86. The highest BCUT2D eigenvalue weighted by molar-refractivity contribution is 7.98. The van der Waals surface area contributed by atoms with Crippen LogP contribution in [0, 0.1) is 11.5 Å². The van der Waals surface area contributed by atoms with E-state index in [4.69, 9.17) is 5.26 Å². The van der Waals surface area contributed by atoms with E-state index in [9.17, 15) is 0 Å².